The molecular formula is C15H11N4S+. The lowest BCUT2D eigenvalue weighted by molar-refractivity contribution is -0.641. The minimum absolute atomic E-state index is 0.848. The Morgan fingerprint density at radius 1 is 1.20 bits per heavy atom. The molecule has 1 aliphatic rings. The average Bonchev–Trinajstić information content (AvgIpc) is 3.09. The number of hydrogen-bond donors (Lipinski definition) is 0. The molecule has 0 fully saturated rings. The van der Waals surface area contributed by atoms with Crippen LogP contribution in [0.4, 0.5) is 0 Å². The van der Waals surface area contributed by atoms with Gasteiger partial charge in [0.1, 0.15) is 5.69 Å². The summed E-state index contributed by atoms with van der Waals surface area (Å²) in [5, 5.41) is 1.29. The Hall–Kier alpha value is -2.27. The molecule has 0 saturated carbocycles. The van der Waals surface area contributed by atoms with Gasteiger partial charge in [0.05, 0.1) is 11.1 Å². The average molecular weight is 279 g/mol. The number of aromatic nitrogens is 4. The summed E-state index contributed by atoms with van der Waals surface area (Å²) in [6, 6.07) is 8.29. The Balaban J connectivity index is 1.97. The number of hydrogen-bond acceptors (Lipinski definition) is 3. The Bertz CT molecular complexity index is 996. The van der Waals surface area contributed by atoms with Gasteiger partial charge in [0.25, 0.3) is 10.5 Å². The molecule has 0 bridgehead atoms. The summed E-state index contributed by atoms with van der Waals surface area (Å²) in [7, 11) is 2.11. The van der Waals surface area contributed by atoms with Crippen LogP contribution in [0.15, 0.2) is 36.7 Å². The van der Waals surface area contributed by atoms with Gasteiger partial charge in [0.15, 0.2) is 16.9 Å². The molecule has 4 nitrogen and oxygen atoms in total. The number of rotatable bonds is 0. The highest BCUT2D eigenvalue weighted by atomic mass is 32.1. The van der Waals surface area contributed by atoms with Crippen LogP contribution in [0.3, 0.4) is 0 Å². The number of fused-ring (bicyclic) bond motifs is 7. The van der Waals surface area contributed by atoms with E-state index in [-0.39, 0.29) is 0 Å². The van der Waals surface area contributed by atoms with Crippen molar-refractivity contribution in [1.29, 1.82) is 0 Å². The lowest BCUT2D eigenvalue weighted by Gasteiger charge is -1.93. The largest absolute Gasteiger partial charge is 0.329 e. The van der Waals surface area contributed by atoms with Crippen LogP contribution in [0, 0.1) is 0 Å². The summed E-state index contributed by atoms with van der Waals surface area (Å²) in [4.78, 5) is 10.4. The van der Waals surface area contributed by atoms with Crippen molar-refractivity contribution in [2.75, 3.05) is 0 Å². The first-order chi connectivity index (χ1) is 9.84. The zero-order chi connectivity index (χ0) is 13.3. The first-order valence-corrected chi connectivity index (χ1v) is 7.36. The first-order valence-electron chi connectivity index (χ1n) is 6.54. The highest BCUT2D eigenvalue weighted by Gasteiger charge is 2.35. The Labute approximate surface area is 119 Å². The van der Waals surface area contributed by atoms with E-state index >= 15 is 0 Å². The fourth-order valence-electron chi connectivity index (χ4n) is 3.09. The second kappa shape index (κ2) is 3.43. The van der Waals surface area contributed by atoms with Gasteiger partial charge >= 0.3 is 0 Å². The monoisotopic (exact) mass is 279 g/mol. The summed E-state index contributed by atoms with van der Waals surface area (Å²) in [6.45, 7) is 0.848. The third kappa shape index (κ3) is 1.10. The third-order valence-corrected chi connectivity index (χ3v) is 5.31. The summed E-state index contributed by atoms with van der Waals surface area (Å²) < 4.78 is 4.59. The van der Waals surface area contributed by atoms with Gasteiger partial charge in [-0.1, -0.05) is 0 Å². The maximum atomic E-state index is 4.59. The van der Waals surface area contributed by atoms with Crippen molar-refractivity contribution in [2.24, 2.45) is 7.05 Å². The predicted molar refractivity (Wildman–Crippen MR) is 78.6 cm³/mol. The highest BCUT2D eigenvalue weighted by molar-refractivity contribution is 7.21. The van der Waals surface area contributed by atoms with Crippen molar-refractivity contribution < 1.29 is 4.57 Å². The molecule has 5 heterocycles. The molecule has 0 unspecified atom stereocenters. The summed E-state index contributed by atoms with van der Waals surface area (Å²) in [6.07, 6.45) is 3.74. The smallest absolute Gasteiger partial charge is 0.274 e. The van der Waals surface area contributed by atoms with Gasteiger partial charge in [-0.2, -0.15) is 4.57 Å². The van der Waals surface area contributed by atoms with Crippen molar-refractivity contribution in [3.63, 3.8) is 0 Å². The van der Waals surface area contributed by atoms with E-state index in [2.05, 4.69) is 38.3 Å². The fourth-order valence-corrected chi connectivity index (χ4v) is 4.37. The van der Waals surface area contributed by atoms with Crippen LogP contribution < -0.4 is 4.57 Å². The Morgan fingerprint density at radius 3 is 3.00 bits per heavy atom. The van der Waals surface area contributed by atoms with Gasteiger partial charge in [-0.05, 0) is 35.6 Å². The van der Waals surface area contributed by atoms with Crippen LogP contribution in [0.1, 0.15) is 5.69 Å². The minimum Gasteiger partial charge on any atom is -0.329 e. The molecule has 0 spiro atoms. The molecule has 5 heteroatoms. The molecule has 20 heavy (non-hydrogen) atoms. The second-order valence-electron chi connectivity index (χ2n) is 5.07. The van der Waals surface area contributed by atoms with Crippen LogP contribution in [0.5, 0.6) is 0 Å². The van der Waals surface area contributed by atoms with E-state index in [1.54, 1.807) is 0 Å². The normalized spacial score (nSPS) is 13.1. The molecule has 4 aromatic rings. The van der Waals surface area contributed by atoms with Crippen molar-refractivity contribution in [1.82, 2.24) is 14.5 Å². The van der Waals surface area contributed by atoms with E-state index in [0.717, 1.165) is 17.8 Å². The predicted octanol–water partition coefficient (Wildman–Crippen LogP) is 2.50. The summed E-state index contributed by atoms with van der Waals surface area (Å²) >= 11 is 1.83. The van der Waals surface area contributed by atoms with E-state index < -0.39 is 0 Å². The van der Waals surface area contributed by atoms with Crippen LogP contribution >= 0.6 is 11.3 Å². The molecule has 0 amide bonds. The summed E-state index contributed by atoms with van der Waals surface area (Å²) in [5.74, 6) is 0. The molecular weight excluding hydrogens is 268 g/mol. The van der Waals surface area contributed by atoms with Crippen molar-refractivity contribution >= 4 is 32.7 Å². The maximum absolute atomic E-state index is 4.59. The molecule has 0 saturated heterocycles. The van der Waals surface area contributed by atoms with Crippen LogP contribution in [-0.2, 0) is 13.6 Å². The molecule has 4 aromatic heterocycles. The zero-order valence-electron chi connectivity index (χ0n) is 10.9. The number of aryl methyl sites for hydroxylation is 1. The van der Waals surface area contributed by atoms with Gasteiger partial charge in [0, 0.05) is 19.4 Å². The van der Waals surface area contributed by atoms with E-state index in [9.17, 15) is 0 Å². The van der Waals surface area contributed by atoms with Crippen molar-refractivity contribution in [2.45, 2.75) is 6.54 Å². The Morgan fingerprint density at radius 2 is 2.05 bits per heavy atom. The second-order valence-corrected chi connectivity index (χ2v) is 6.05. The molecule has 0 aromatic carbocycles. The third-order valence-electron chi connectivity index (χ3n) is 4.02. The van der Waals surface area contributed by atoms with E-state index in [4.69, 9.17) is 0 Å². The Kier molecular flexibility index (Phi) is 1.80. The molecule has 0 aliphatic carbocycles. The molecule has 0 N–H and O–H groups in total. The van der Waals surface area contributed by atoms with Gasteiger partial charge in [-0.15, -0.1) is 0 Å². The van der Waals surface area contributed by atoms with Crippen LogP contribution in [0.25, 0.3) is 32.0 Å². The molecule has 0 atom stereocenters. The highest BCUT2D eigenvalue weighted by Crippen LogP contribution is 2.37. The number of thiazole rings is 1. The maximum Gasteiger partial charge on any atom is 0.274 e. The zero-order valence-corrected chi connectivity index (χ0v) is 11.7. The van der Waals surface area contributed by atoms with E-state index in [1.807, 2.05) is 35.9 Å². The van der Waals surface area contributed by atoms with E-state index in [0.29, 0.717) is 0 Å². The van der Waals surface area contributed by atoms with Gasteiger partial charge < -0.3 is 4.57 Å². The molecule has 1 aliphatic heterocycles. The van der Waals surface area contributed by atoms with E-state index in [1.165, 1.54) is 26.4 Å². The molecule has 96 valence electrons. The van der Waals surface area contributed by atoms with Gasteiger partial charge in [0.2, 0.25) is 0 Å². The topological polar surface area (TPSA) is 34.6 Å². The first kappa shape index (κ1) is 10.5. The quantitative estimate of drug-likeness (QED) is 0.408. The lowest BCUT2D eigenvalue weighted by atomic mass is 10.2. The van der Waals surface area contributed by atoms with Gasteiger partial charge in [-0.25, -0.2) is 4.98 Å². The van der Waals surface area contributed by atoms with Gasteiger partial charge in [-0.3, -0.25) is 4.98 Å². The minimum atomic E-state index is 0.848. The summed E-state index contributed by atoms with van der Waals surface area (Å²) in [5.41, 5.74) is 5.93. The molecule has 0 radical (unpaired) electrons. The number of pyridine rings is 2. The molecule has 5 rings (SSSR count). The van der Waals surface area contributed by atoms with Crippen molar-refractivity contribution in [3.8, 4) is 10.6 Å². The fraction of sp³-hybridized carbons (Fsp3) is 0.133. The standard InChI is InChI=1S/C15H11N4S/c1-18-11-5-3-7-17-12(11)13-15(18)20-14-9-4-2-6-16-10(9)8-19(13)14/h2-7H,8H2,1H3/q+1. The van der Waals surface area contributed by atoms with Crippen LogP contribution in [-0.4, -0.2) is 14.5 Å². The van der Waals surface area contributed by atoms with Crippen molar-refractivity contribution in [3.05, 3.63) is 42.4 Å². The van der Waals surface area contributed by atoms with Crippen LogP contribution in [0.2, 0.25) is 0 Å². The lowest BCUT2D eigenvalue weighted by Crippen LogP contribution is -2.30. The SMILES string of the molecule is Cn1c2cccnc2c2c1sc1[n+]2Cc2ncccc2-1. The number of nitrogens with zero attached hydrogens (tertiary/aromatic N) is 4.